The molecule has 7 heteroatoms. The van der Waals surface area contributed by atoms with Crippen molar-refractivity contribution in [3.8, 4) is 5.88 Å². The molecule has 1 aromatic carbocycles. The molecule has 0 radical (unpaired) electrons. The van der Waals surface area contributed by atoms with Gasteiger partial charge in [0.1, 0.15) is 18.1 Å². The molecular weight excluding hydrogens is 344 g/mol. The summed E-state index contributed by atoms with van der Waals surface area (Å²) >= 11 is 9.47. The molecule has 3 rings (SSSR count). The molecule has 0 aliphatic heterocycles. The fourth-order valence-corrected chi connectivity index (χ4v) is 2.20. The Balaban J connectivity index is 1.92. The van der Waals surface area contributed by atoms with Crippen molar-refractivity contribution in [1.82, 2.24) is 19.6 Å². The van der Waals surface area contributed by atoms with Crippen molar-refractivity contribution in [2.75, 3.05) is 0 Å². The molecule has 102 valence electrons. The van der Waals surface area contributed by atoms with Gasteiger partial charge in [-0.2, -0.15) is 19.6 Å². The summed E-state index contributed by atoms with van der Waals surface area (Å²) in [5.74, 6) is 0.979. The number of benzene rings is 1. The summed E-state index contributed by atoms with van der Waals surface area (Å²) in [6, 6.07) is 7.91. The Morgan fingerprint density at radius 1 is 1.30 bits per heavy atom. The Morgan fingerprint density at radius 2 is 2.05 bits per heavy atom. The molecule has 0 atom stereocenters. The highest BCUT2D eigenvalue weighted by Gasteiger charge is 2.13. The standard InChI is InChI=1S/C13H10BrClN4O/c1-8-11(15)18-13-16-7-17-19(13)12(8)20-6-9-2-4-10(14)5-3-9/h2-5,7H,6H2,1H3. The SMILES string of the molecule is Cc1c(Cl)nc2ncnn2c1OCc1ccc(Br)cc1. The number of aromatic nitrogens is 4. The molecule has 0 saturated carbocycles. The molecular formula is C13H10BrClN4O. The monoisotopic (exact) mass is 352 g/mol. The molecule has 0 aliphatic rings. The van der Waals surface area contributed by atoms with E-state index in [9.17, 15) is 0 Å². The van der Waals surface area contributed by atoms with Gasteiger partial charge in [-0.25, -0.2) is 0 Å². The number of fused-ring (bicyclic) bond motifs is 1. The summed E-state index contributed by atoms with van der Waals surface area (Å²) in [4.78, 5) is 8.15. The second-order valence-electron chi connectivity index (χ2n) is 4.22. The van der Waals surface area contributed by atoms with Gasteiger partial charge in [0.05, 0.1) is 0 Å². The van der Waals surface area contributed by atoms with Crippen molar-refractivity contribution in [2.45, 2.75) is 13.5 Å². The lowest BCUT2D eigenvalue weighted by atomic mass is 10.2. The third-order valence-electron chi connectivity index (χ3n) is 2.84. The van der Waals surface area contributed by atoms with E-state index in [0.717, 1.165) is 15.6 Å². The normalized spacial score (nSPS) is 10.9. The molecule has 0 aliphatic carbocycles. The topological polar surface area (TPSA) is 52.3 Å². The fourth-order valence-electron chi connectivity index (χ4n) is 1.78. The smallest absolute Gasteiger partial charge is 0.256 e. The van der Waals surface area contributed by atoms with E-state index >= 15 is 0 Å². The van der Waals surface area contributed by atoms with Crippen LogP contribution in [0.4, 0.5) is 0 Å². The molecule has 0 amide bonds. The van der Waals surface area contributed by atoms with Gasteiger partial charge in [0.25, 0.3) is 5.78 Å². The highest BCUT2D eigenvalue weighted by Crippen LogP contribution is 2.25. The summed E-state index contributed by atoms with van der Waals surface area (Å²) in [5, 5.41) is 4.47. The Morgan fingerprint density at radius 3 is 2.80 bits per heavy atom. The lowest BCUT2D eigenvalue weighted by Crippen LogP contribution is -2.05. The first kappa shape index (κ1) is 13.3. The summed E-state index contributed by atoms with van der Waals surface area (Å²) in [5.41, 5.74) is 1.79. The van der Waals surface area contributed by atoms with Crippen molar-refractivity contribution in [2.24, 2.45) is 0 Å². The van der Waals surface area contributed by atoms with E-state index in [1.54, 1.807) is 4.52 Å². The quantitative estimate of drug-likeness (QED) is 0.677. The molecule has 2 heterocycles. The van der Waals surface area contributed by atoms with Crippen LogP contribution >= 0.6 is 27.5 Å². The molecule has 0 unspecified atom stereocenters. The van der Waals surface area contributed by atoms with Gasteiger partial charge < -0.3 is 4.74 Å². The van der Waals surface area contributed by atoms with Crippen LogP contribution in [-0.2, 0) is 6.61 Å². The minimum absolute atomic E-state index is 0.372. The molecule has 0 fully saturated rings. The van der Waals surface area contributed by atoms with Crippen molar-refractivity contribution < 1.29 is 4.74 Å². The van der Waals surface area contributed by atoms with Crippen LogP contribution in [0.3, 0.4) is 0 Å². The highest BCUT2D eigenvalue weighted by atomic mass is 79.9. The second-order valence-corrected chi connectivity index (χ2v) is 5.49. The van der Waals surface area contributed by atoms with Crippen molar-refractivity contribution in [3.63, 3.8) is 0 Å². The summed E-state index contributed by atoms with van der Waals surface area (Å²) in [6.07, 6.45) is 1.42. The number of halogens is 2. The maximum Gasteiger partial charge on any atom is 0.256 e. The minimum atomic E-state index is 0.372. The van der Waals surface area contributed by atoms with E-state index < -0.39 is 0 Å². The van der Waals surface area contributed by atoms with E-state index in [4.69, 9.17) is 16.3 Å². The summed E-state index contributed by atoms with van der Waals surface area (Å²) in [7, 11) is 0. The van der Waals surface area contributed by atoms with Crippen LogP contribution in [0, 0.1) is 6.92 Å². The largest absolute Gasteiger partial charge is 0.472 e. The van der Waals surface area contributed by atoms with E-state index in [2.05, 4.69) is 31.0 Å². The maximum absolute atomic E-state index is 6.07. The van der Waals surface area contributed by atoms with Gasteiger partial charge in [-0.15, -0.1) is 0 Å². The van der Waals surface area contributed by atoms with Gasteiger partial charge in [-0.05, 0) is 24.6 Å². The zero-order chi connectivity index (χ0) is 14.1. The van der Waals surface area contributed by atoms with Crippen LogP contribution < -0.4 is 4.74 Å². The fraction of sp³-hybridized carbons (Fsp3) is 0.154. The second kappa shape index (κ2) is 5.38. The Hall–Kier alpha value is -1.66. The van der Waals surface area contributed by atoms with Crippen LogP contribution in [0.2, 0.25) is 5.15 Å². The van der Waals surface area contributed by atoms with Crippen molar-refractivity contribution in [1.29, 1.82) is 0 Å². The minimum Gasteiger partial charge on any atom is -0.472 e. The third kappa shape index (κ3) is 2.48. The highest BCUT2D eigenvalue weighted by molar-refractivity contribution is 9.10. The van der Waals surface area contributed by atoms with E-state index in [-0.39, 0.29) is 0 Å². The van der Waals surface area contributed by atoms with Crippen molar-refractivity contribution in [3.05, 3.63) is 51.3 Å². The molecule has 20 heavy (non-hydrogen) atoms. The van der Waals surface area contributed by atoms with Crippen molar-refractivity contribution >= 4 is 33.3 Å². The number of ether oxygens (including phenoxy) is 1. The predicted molar refractivity (Wildman–Crippen MR) is 79.0 cm³/mol. The Labute approximate surface area is 128 Å². The summed E-state index contributed by atoms with van der Waals surface area (Å²) < 4.78 is 8.41. The van der Waals surface area contributed by atoms with Crippen LogP contribution in [0.1, 0.15) is 11.1 Å². The Kier molecular flexibility index (Phi) is 3.58. The molecule has 0 saturated heterocycles. The van der Waals surface area contributed by atoms with E-state index in [1.807, 2.05) is 31.2 Å². The van der Waals surface area contributed by atoms with Gasteiger partial charge in [0.2, 0.25) is 5.88 Å². The van der Waals surface area contributed by atoms with Crippen LogP contribution in [0.15, 0.2) is 35.1 Å². The first-order valence-electron chi connectivity index (χ1n) is 5.88. The number of hydrogen-bond donors (Lipinski definition) is 0. The summed E-state index contributed by atoms with van der Waals surface area (Å²) in [6.45, 7) is 2.26. The predicted octanol–water partition coefficient (Wildman–Crippen LogP) is 3.43. The molecule has 0 bridgehead atoms. The lowest BCUT2D eigenvalue weighted by Gasteiger charge is -2.11. The molecule has 5 nitrogen and oxygen atoms in total. The van der Waals surface area contributed by atoms with Gasteiger partial charge in [0.15, 0.2) is 0 Å². The first-order chi connectivity index (χ1) is 9.65. The zero-order valence-electron chi connectivity index (χ0n) is 10.5. The Bertz CT molecular complexity index is 757. The number of hydrogen-bond acceptors (Lipinski definition) is 4. The molecule has 3 aromatic rings. The van der Waals surface area contributed by atoms with Crippen LogP contribution in [0.25, 0.3) is 5.78 Å². The molecule has 2 aromatic heterocycles. The number of nitrogens with zero attached hydrogens (tertiary/aromatic N) is 4. The zero-order valence-corrected chi connectivity index (χ0v) is 12.9. The van der Waals surface area contributed by atoms with Gasteiger partial charge in [-0.1, -0.05) is 39.7 Å². The number of rotatable bonds is 3. The molecule has 0 spiro atoms. The average Bonchev–Trinajstić information content (AvgIpc) is 2.89. The maximum atomic E-state index is 6.07. The van der Waals surface area contributed by atoms with E-state index in [0.29, 0.717) is 23.4 Å². The lowest BCUT2D eigenvalue weighted by molar-refractivity contribution is 0.283. The van der Waals surface area contributed by atoms with Gasteiger partial charge in [0, 0.05) is 10.0 Å². The van der Waals surface area contributed by atoms with Gasteiger partial charge in [-0.3, -0.25) is 0 Å². The first-order valence-corrected chi connectivity index (χ1v) is 7.05. The van der Waals surface area contributed by atoms with Crippen LogP contribution in [-0.4, -0.2) is 19.6 Å². The molecule has 0 N–H and O–H groups in total. The third-order valence-corrected chi connectivity index (χ3v) is 3.74. The van der Waals surface area contributed by atoms with Gasteiger partial charge >= 0.3 is 0 Å². The van der Waals surface area contributed by atoms with E-state index in [1.165, 1.54) is 6.33 Å². The average molecular weight is 354 g/mol. The van der Waals surface area contributed by atoms with Crippen LogP contribution in [0.5, 0.6) is 5.88 Å².